The van der Waals surface area contributed by atoms with Gasteiger partial charge in [-0.1, -0.05) is 19.9 Å². The molecule has 0 saturated carbocycles. The molecule has 0 heterocycles. The van der Waals surface area contributed by atoms with Gasteiger partial charge in [0.1, 0.15) is 0 Å². The van der Waals surface area contributed by atoms with Crippen molar-refractivity contribution in [2.24, 2.45) is 5.92 Å². The van der Waals surface area contributed by atoms with Gasteiger partial charge in [0.25, 0.3) is 0 Å². The highest BCUT2D eigenvalue weighted by atomic mass is 15.2. The van der Waals surface area contributed by atoms with E-state index in [0.29, 0.717) is 12.0 Å². The summed E-state index contributed by atoms with van der Waals surface area (Å²) < 4.78 is 0. The summed E-state index contributed by atoms with van der Waals surface area (Å²) in [5.74, 6) is 0.656. The molecular formula is C14H24N2. The van der Waals surface area contributed by atoms with Crippen LogP contribution in [0.25, 0.3) is 0 Å². The lowest BCUT2D eigenvalue weighted by molar-refractivity contribution is 0.570. The Kier molecular flexibility index (Phi) is 4.22. The molecule has 2 nitrogen and oxygen atoms in total. The molecule has 0 amide bonds. The second-order valence-corrected chi connectivity index (χ2v) is 5.13. The lowest BCUT2D eigenvalue weighted by Crippen LogP contribution is -2.34. The van der Waals surface area contributed by atoms with Gasteiger partial charge >= 0.3 is 0 Å². The van der Waals surface area contributed by atoms with Crippen molar-refractivity contribution in [2.45, 2.75) is 40.7 Å². The number of benzene rings is 1. The van der Waals surface area contributed by atoms with Crippen LogP contribution in [0.3, 0.4) is 0 Å². The summed E-state index contributed by atoms with van der Waals surface area (Å²) in [5, 5.41) is 0. The lowest BCUT2D eigenvalue weighted by Gasteiger charge is -2.32. The predicted molar refractivity (Wildman–Crippen MR) is 72.9 cm³/mol. The summed E-state index contributed by atoms with van der Waals surface area (Å²) in [4.78, 5) is 2.43. The average molecular weight is 220 g/mol. The lowest BCUT2D eigenvalue weighted by atomic mass is 10.1. The number of anilines is 2. The predicted octanol–water partition coefficient (Wildman–Crippen LogP) is 3.45. The SMILES string of the molecule is Cc1c(N)cccc1N(CC(C)C)C(C)C. The van der Waals surface area contributed by atoms with Crippen molar-refractivity contribution in [3.8, 4) is 0 Å². The highest BCUT2D eigenvalue weighted by Gasteiger charge is 2.14. The van der Waals surface area contributed by atoms with E-state index in [1.54, 1.807) is 0 Å². The summed E-state index contributed by atoms with van der Waals surface area (Å²) in [6.45, 7) is 12.1. The highest BCUT2D eigenvalue weighted by molar-refractivity contribution is 5.64. The van der Waals surface area contributed by atoms with Crippen LogP contribution in [-0.2, 0) is 0 Å². The van der Waals surface area contributed by atoms with E-state index in [2.05, 4.69) is 45.6 Å². The first kappa shape index (κ1) is 12.9. The third-order valence-corrected chi connectivity index (χ3v) is 2.84. The second kappa shape index (κ2) is 5.24. The number of nitrogen functional groups attached to an aromatic ring is 1. The van der Waals surface area contributed by atoms with Crippen LogP contribution in [0, 0.1) is 12.8 Å². The maximum absolute atomic E-state index is 5.96. The molecule has 0 aromatic heterocycles. The van der Waals surface area contributed by atoms with E-state index < -0.39 is 0 Å². The van der Waals surface area contributed by atoms with Crippen LogP contribution >= 0.6 is 0 Å². The molecule has 2 heteroatoms. The maximum atomic E-state index is 5.96. The Morgan fingerprint density at radius 2 is 1.81 bits per heavy atom. The molecule has 0 bridgehead atoms. The number of hydrogen-bond donors (Lipinski definition) is 1. The minimum Gasteiger partial charge on any atom is -0.398 e. The Morgan fingerprint density at radius 3 is 2.31 bits per heavy atom. The molecule has 1 aromatic carbocycles. The zero-order chi connectivity index (χ0) is 12.3. The van der Waals surface area contributed by atoms with Gasteiger partial charge in [-0.15, -0.1) is 0 Å². The average Bonchev–Trinajstić information content (AvgIpc) is 2.18. The van der Waals surface area contributed by atoms with Crippen LogP contribution in [-0.4, -0.2) is 12.6 Å². The van der Waals surface area contributed by atoms with E-state index in [1.807, 2.05) is 12.1 Å². The molecule has 0 unspecified atom stereocenters. The standard InChI is InChI=1S/C14H24N2/c1-10(2)9-16(11(3)4)14-8-6-7-13(15)12(14)5/h6-8,10-11H,9,15H2,1-5H3. The summed E-state index contributed by atoms with van der Waals surface area (Å²) in [7, 11) is 0. The van der Waals surface area contributed by atoms with E-state index in [-0.39, 0.29) is 0 Å². The Hall–Kier alpha value is -1.18. The maximum Gasteiger partial charge on any atom is 0.0419 e. The monoisotopic (exact) mass is 220 g/mol. The van der Waals surface area contributed by atoms with Crippen LogP contribution < -0.4 is 10.6 Å². The summed E-state index contributed by atoms with van der Waals surface area (Å²) in [6, 6.07) is 6.66. The summed E-state index contributed by atoms with van der Waals surface area (Å²) in [5.41, 5.74) is 9.30. The van der Waals surface area contributed by atoms with Crippen molar-refractivity contribution < 1.29 is 0 Å². The van der Waals surface area contributed by atoms with Crippen LogP contribution in [0.1, 0.15) is 33.3 Å². The molecule has 2 N–H and O–H groups in total. The molecule has 90 valence electrons. The molecule has 0 radical (unpaired) electrons. The smallest absolute Gasteiger partial charge is 0.0419 e. The number of nitrogens with zero attached hydrogens (tertiary/aromatic N) is 1. The molecule has 0 aliphatic rings. The van der Waals surface area contributed by atoms with Gasteiger partial charge < -0.3 is 10.6 Å². The first-order valence-electron chi connectivity index (χ1n) is 6.05. The van der Waals surface area contributed by atoms with Crippen LogP contribution in [0.15, 0.2) is 18.2 Å². The van der Waals surface area contributed by atoms with Gasteiger partial charge in [0.05, 0.1) is 0 Å². The Labute approximate surface area is 99.5 Å². The zero-order valence-corrected chi connectivity index (χ0v) is 11.1. The van der Waals surface area contributed by atoms with E-state index in [1.165, 1.54) is 11.3 Å². The van der Waals surface area contributed by atoms with E-state index in [4.69, 9.17) is 5.73 Å². The fraction of sp³-hybridized carbons (Fsp3) is 0.571. The first-order valence-corrected chi connectivity index (χ1v) is 6.05. The fourth-order valence-electron chi connectivity index (χ4n) is 1.93. The highest BCUT2D eigenvalue weighted by Crippen LogP contribution is 2.26. The molecule has 0 saturated heterocycles. The first-order chi connectivity index (χ1) is 7.43. The van der Waals surface area contributed by atoms with E-state index >= 15 is 0 Å². The normalized spacial score (nSPS) is 11.2. The third kappa shape index (κ3) is 2.91. The van der Waals surface area contributed by atoms with Crippen LogP contribution in [0.4, 0.5) is 11.4 Å². The molecule has 0 aliphatic heterocycles. The topological polar surface area (TPSA) is 29.3 Å². The van der Waals surface area contributed by atoms with Crippen LogP contribution in [0.2, 0.25) is 0 Å². The number of nitrogens with two attached hydrogens (primary N) is 1. The van der Waals surface area contributed by atoms with Crippen molar-refractivity contribution in [2.75, 3.05) is 17.2 Å². The van der Waals surface area contributed by atoms with Gasteiger partial charge in [-0.3, -0.25) is 0 Å². The van der Waals surface area contributed by atoms with Gasteiger partial charge in [-0.2, -0.15) is 0 Å². The van der Waals surface area contributed by atoms with Gasteiger partial charge in [-0.25, -0.2) is 0 Å². The Morgan fingerprint density at radius 1 is 1.19 bits per heavy atom. The summed E-state index contributed by atoms with van der Waals surface area (Å²) >= 11 is 0. The van der Waals surface area contributed by atoms with Gasteiger partial charge in [0.2, 0.25) is 0 Å². The van der Waals surface area contributed by atoms with Crippen molar-refractivity contribution in [1.82, 2.24) is 0 Å². The molecule has 0 spiro atoms. The molecule has 0 fully saturated rings. The molecule has 16 heavy (non-hydrogen) atoms. The quantitative estimate of drug-likeness (QED) is 0.787. The Bertz CT molecular complexity index is 343. The van der Waals surface area contributed by atoms with Gasteiger partial charge in [0.15, 0.2) is 0 Å². The molecule has 1 rings (SSSR count). The number of hydrogen-bond acceptors (Lipinski definition) is 2. The summed E-state index contributed by atoms with van der Waals surface area (Å²) in [6.07, 6.45) is 0. The van der Waals surface area contributed by atoms with Crippen molar-refractivity contribution >= 4 is 11.4 Å². The molecule has 1 aromatic rings. The largest absolute Gasteiger partial charge is 0.398 e. The van der Waals surface area contributed by atoms with Gasteiger partial charge in [-0.05, 0) is 44.4 Å². The second-order valence-electron chi connectivity index (χ2n) is 5.13. The molecule has 0 aliphatic carbocycles. The van der Waals surface area contributed by atoms with E-state index in [0.717, 1.165) is 12.2 Å². The van der Waals surface area contributed by atoms with Gasteiger partial charge in [0, 0.05) is 24.0 Å². The van der Waals surface area contributed by atoms with Crippen molar-refractivity contribution in [1.29, 1.82) is 0 Å². The minimum atomic E-state index is 0.503. The zero-order valence-electron chi connectivity index (χ0n) is 11.1. The van der Waals surface area contributed by atoms with E-state index in [9.17, 15) is 0 Å². The van der Waals surface area contributed by atoms with Crippen molar-refractivity contribution in [3.05, 3.63) is 23.8 Å². The third-order valence-electron chi connectivity index (χ3n) is 2.84. The minimum absolute atomic E-state index is 0.503. The van der Waals surface area contributed by atoms with Crippen LogP contribution in [0.5, 0.6) is 0 Å². The Balaban J connectivity index is 3.06. The van der Waals surface area contributed by atoms with Crippen molar-refractivity contribution in [3.63, 3.8) is 0 Å². The molecular weight excluding hydrogens is 196 g/mol. The number of rotatable bonds is 4. The fourth-order valence-corrected chi connectivity index (χ4v) is 1.93. The molecule has 0 atom stereocenters.